The summed E-state index contributed by atoms with van der Waals surface area (Å²) in [4.78, 5) is 55.3. The molecular formula is C34H55NO10. The highest BCUT2D eigenvalue weighted by Gasteiger charge is 2.55. The molecule has 0 spiro atoms. The Morgan fingerprint density at radius 1 is 1.07 bits per heavy atom. The van der Waals surface area contributed by atoms with Crippen LogP contribution in [0.3, 0.4) is 0 Å². The van der Waals surface area contributed by atoms with E-state index in [1.807, 2.05) is 46.7 Å². The van der Waals surface area contributed by atoms with Gasteiger partial charge in [-0.25, -0.2) is 0 Å². The molecule has 3 fully saturated rings. The first-order valence-electron chi connectivity index (χ1n) is 16.3. The fraction of sp³-hybridized carbons (Fsp3) is 0.824. The van der Waals surface area contributed by atoms with Gasteiger partial charge in [-0.05, 0) is 66.6 Å². The van der Waals surface area contributed by atoms with Crippen molar-refractivity contribution in [1.29, 1.82) is 0 Å². The van der Waals surface area contributed by atoms with Gasteiger partial charge in [-0.15, -0.1) is 0 Å². The van der Waals surface area contributed by atoms with Crippen molar-refractivity contribution in [2.24, 2.45) is 29.6 Å². The maximum Gasteiger partial charge on any atom is 0.316 e. The summed E-state index contributed by atoms with van der Waals surface area (Å²) < 4.78 is 31.0. The third kappa shape index (κ3) is 7.60. The lowest BCUT2D eigenvalue weighted by atomic mass is 9.69. The van der Waals surface area contributed by atoms with Gasteiger partial charge in [-0.1, -0.05) is 34.3 Å². The molecular weight excluding hydrogens is 582 g/mol. The number of aliphatic hydroxyl groups is 1. The molecule has 3 aliphatic heterocycles. The molecule has 3 aliphatic rings. The van der Waals surface area contributed by atoms with E-state index in [2.05, 4.69) is 6.58 Å². The summed E-state index contributed by atoms with van der Waals surface area (Å²) in [5.41, 5.74) is -1.67. The quantitative estimate of drug-likeness (QED) is 0.191. The second kappa shape index (κ2) is 14.8. The van der Waals surface area contributed by atoms with Crippen LogP contribution in [0.1, 0.15) is 74.7 Å². The Bertz CT molecular complexity index is 1110. The molecule has 11 nitrogen and oxygen atoms in total. The number of ether oxygens (including phenoxy) is 5. The number of rotatable bonds is 7. The zero-order chi connectivity index (χ0) is 34.0. The highest BCUT2D eigenvalue weighted by Crippen LogP contribution is 2.46. The molecule has 0 amide bonds. The van der Waals surface area contributed by atoms with E-state index in [1.165, 1.54) is 6.92 Å². The number of Topliss-reactive ketones (excluding diaryl/α,β-unsaturated/α-hetero) is 2. The highest BCUT2D eigenvalue weighted by molar-refractivity contribution is 6.00. The number of carbonyl (C=O) groups is 4. The molecule has 2 unspecified atom stereocenters. The minimum atomic E-state index is -1.38. The molecule has 11 heteroatoms. The number of likely N-dealkylation sites (N-methyl/N-ethyl adjacent to an activating group) is 1. The number of carbonyl (C=O) groups excluding carboxylic acids is 4. The molecule has 0 bridgehead atoms. The largest absolute Gasteiger partial charge is 0.459 e. The average molecular weight is 638 g/mol. The number of hydrogen-bond donors (Lipinski definition) is 1. The van der Waals surface area contributed by atoms with Crippen molar-refractivity contribution in [3.8, 4) is 0 Å². The van der Waals surface area contributed by atoms with E-state index < -0.39 is 77.1 Å². The Labute approximate surface area is 268 Å². The number of aliphatic hydroxyl groups excluding tert-OH is 1. The van der Waals surface area contributed by atoms with Gasteiger partial charge in [0, 0.05) is 29.7 Å². The van der Waals surface area contributed by atoms with Crippen LogP contribution in [0.4, 0.5) is 0 Å². The minimum absolute atomic E-state index is 0.0848. The van der Waals surface area contributed by atoms with Gasteiger partial charge in [-0.3, -0.25) is 14.4 Å². The Hall–Kier alpha value is -2.02. The van der Waals surface area contributed by atoms with Crippen molar-refractivity contribution in [3.63, 3.8) is 0 Å². The molecule has 0 aromatic heterocycles. The van der Waals surface area contributed by atoms with E-state index in [1.54, 1.807) is 20.8 Å². The highest BCUT2D eigenvalue weighted by atomic mass is 16.7. The second-order valence-corrected chi connectivity index (χ2v) is 14.1. The second-order valence-electron chi connectivity index (χ2n) is 14.1. The minimum Gasteiger partial charge on any atom is -0.459 e. The summed E-state index contributed by atoms with van der Waals surface area (Å²) >= 11 is 0. The van der Waals surface area contributed by atoms with E-state index >= 15 is 0 Å². The van der Waals surface area contributed by atoms with Crippen LogP contribution in [0.2, 0.25) is 0 Å². The van der Waals surface area contributed by atoms with Crippen molar-refractivity contribution in [2.75, 3.05) is 27.3 Å². The van der Waals surface area contributed by atoms with Gasteiger partial charge in [0.05, 0.1) is 24.4 Å². The van der Waals surface area contributed by atoms with Crippen LogP contribution < -0.4 is 0 Å². The Kier molecular flexibility index (Phi) is 12.3. The van der Waals surface area contributed by atoms with E-state index in [0.717, 1.165) is 5.57 Å². The zero-order valence-corrected chi connectivity index (χ0v) is 28.7. The lowest BCUT2D eigenvalue weighted by molar-refractivity contribution is -0.296. The summed E-state index contributed by atoms with van der Waals surface area (Å²) in [6, 6.07) is -0.289. The van der Waals surface area contributed by atoms with Crippen molar-refractivity contribution < 1.29 is 48.0 Å². The number of cyclic esters (lactones) is 1. The zero-order valence-electron chi connectivity index (χ0n) is 28.7. The van der Waals surface area contributed by atoms with Gasteiger partial charge in [0.2, 0.25) is 0 Å². The lowest BCUT2D eigenvalue weighted by Gasteiger charge is -2.47. The number of ketones is 2. The van der Waals surface area contributed by atoms with Crippen LogP contribution in [0.25, 0.3) is 0 Å². The standard InChI is InChI=1S/C34H55NO10/c1-12-25-34(9)26(19(3)17-42-34)21(5)27(37)18(2)16-33(8,41-14-13-36)30(22(6)28(38)23(7)31(40)44-25)45-32-29(39)24(35(10)11)15-20(4)43-32/h13,18,20-26,29-30,32,39H,3,12,14-17H2,1-2,4-11H3/t18-,20-,21?,22+,23?,24+,25-,26+,29-,30-,32+,33-,34-/m1/s1. The smallest absolute Gasteiger partial charge is 0.316 e. The fourth-order valence-electron chi connectivity index (χ4n) is 7.88. The average Bonchev–Trinajstić information content (AvgIpc) is 3.30. The molecule has 13 atom stereocenters. The van der Waals surface area contributed by atoms with Crippen molar-refractivity contribution in [3.05, 3.63) is 12.2 Å². The number of nitrogens with zero attached hydrogens (tertiary/aromatic N) is 1. The first kappa shape index (κ1) is 37.4. The van der Waals surface area contributed by atoms with E-state index in [9.17, 15) is 24.3 Å². The SMILES string of the molecule is C=C1CO[C@]2(C)[C@@H](CC)OC(=O)C(C)C(=O)[C@H](C)[C@@H](O[C@@H]3O[C@H](C)C[C@H](N(C)C)[C@H]3O)[C@](C)(OCC=O)C[C@@H](C)C(=O)C(C)[C@H]12. The van der Waals surface area contributed by atoms with Crippen molar-refractivity contribution in [1.82, 2.24) is 4.90 Å². The molecule has 0 radical (unpaired) electrons. The lowest BCUT2D eigenvalue weighted by Crippen LogP contribution is -2.59. The summed E-state index contributed by atoms with van der Waals surface area (Å²) in [7, 11) is 3.71. The molecule has 0 aromatic carbocycles. The van der Waals surface area contributed by atoms with Crippen LogP contribution in [-0.4, -0.2) is 109 Å². The van der Waals surface area contributed by atoms with Gasteiger partial charge < -0.3 is 38.5 Å². The molecule has 0 aliphatic carbocycles. The summed E-state index contributed by atoms with van der Waals surface area (Å²) in [6.07, 6.45) is -2.66. The third-order valence-electron chi connectivity index (χ3n) is 10.4. The van der Waals surface area contributed by atoms with Gasteiger partial charge in [-0.2, -0.15) is 0 Å². The molecule has 256 valence electrons. The monoisotopic (exact) mass is 637 g/mol. The summed E-state index contributed by atoms with van der Waals surface area (Å²) in [5, 5.41) is 11.3. The summed E-state index contributed by atoms with van der Waals surface area (Å²) in [6.45, 7) is 18.1. The van der Waals surface area contributed by atoms with Crippen LogP contribution >= 0.6 is 0 Å². The number of aldehydes is 1. The topological polar surface area (TPSA) is 138 Å². The van der Waals surface area contributed by atoms with Crippen LogP contribution in [0, 0.1) is 29.6 Å². The van der Waals surface area contributed by atoms with Gasteiger partial charge in [0.25, 0.3) is 0 Å². The van der Waals surface area contributed by atoms with Crippen molar-refractivity contribution in [2.45, 2.75) is 123 Å². The summed E-state index contributed by atoms with van der Waals surface area (Å²) in [5.74, 6) is -5.01. The normalized spacial score (nSPS) is 44.0. The fourth-order valence-corrected chi connectivity index (χ4v) is 7.88. The van der Waals surface area contributed by atoms with Crippen LogP contribution in [0.15, 0.2) is 12.2 Å². The maximum atomic E-state index is 14.2. The molecule has 45 heavy (non-hydrogen) atoms. The first-order valence-corrected chi connectivity index (χ1v) is 16.3. The number of hydrogen-bond acceptors (Lipinski definition) is 11. The van der Waals surface area contributed by atoms with Crippen LogP contribution in [0.5, 0.6) is 0 Å². The first-order chi connectivity index (χ1) is 20.9. The van der Waals surface area contributed by atoms with E-state index in [4.69, 9.17) is 23.7 Å². The van der Waals surface area contributed by atoms with E-state index in [0.29, 0.717) is 19.1 Å². The molecule has 3 saturated heterocycles. The van der Waals surface area contributed by atoms with Gasteiger partial charge in [0.15, 0.2) is 12.1 Å². The van der Waals surface area contributed by atoms with Gasteiger partial charge >= 0.3 is 5.97 Å². The molecule has 3 rings (SSSR count). The Morgan fingerprint density at radius 2 is 1.71 bits per heavy atom. The Balaban J connectivity index is 2.14. The maximum absolute atomic E-state index is 14.2. The van der Waals surface area contributed by atoms with E-state index in [-0.39, 0.29) is 37.6 Å². The predicted octanol–water partition coefficient (Wildman–Crippen LogP) is 3.14. The number of fused-ring (bicyclic) bond motifs is 1. The van der Waals surface area contributed by atoms with Gasteiger partial charge in [0.1, 0.15) is 42.4 Å². The van der Waals surface area contributed by atoms with Crippen molar-refractivity contribution >= 4 is 23.8 Å². The molecule has 0 saturated carbocycles. The molecule has 0 aromatic rings. The Morgan fingerprint density at radius 3 is 2.29 bits per heavy atom. The van der Waals surface area contributed by atoms with Crippen LogP contribution in [-0.2, 0) is 42.9 Å². The number of esters is 1. The molecule has 1 N–H and O–H groups in total. The predicted molar refractivity (Wildman–Crippen MR) is 166 cm³/mol. The third-order valence-corrected chi connectivity index (χ3v) is 10.4. The molecule has 3 heterocycles.